The van der Waals surface area contributed by atoms with E-state index in [0.29, 0.717) is 11.7 Å². The van der Waals surface area contributed by atoms with Crippen molar-refractivity contribution in [2.45, 2.75) is 12.3 Å². The third kappa shape index (κ3) is 4.23. The summed E-state index contributed by atoms with van der Waals surface area (Å²) in [5.41, 5.74) is 7.05. The van der Waals surface area contributed by atoms with E-state index >= 15 is 0 Å². The normalized spacial score (nSPS) is 11.7. The average Bonchev–Trinajstić information content (AvgIpc) is 2.87. The van der Waals surface area contributed by atoms with Crippen LogP contribution in [0.5, 0.6) is 0 Å². The molecule has 94 valence electrons. The van der Waals surface area contributed by atoms with E-state index in [4.69, 9.17) is 10.2 Å². The summed E-state index contributed by atoms with van der Waals surface area (Å²) >= 11 is 4.97. The Kier molecular flexibility index (Phi) is 4.90. The molecule has 2 N–H and O–H groups in total. The second-order valence-corrected chi connectivity index (χ2v) is 5.56. The molecule has 5 heteroatoms. The highest BCUT2D eigenvalue weighted by molar-refractivity contribution is 9.10. The molecule has 0 atom stereocenters. The zero-order chi connectivity index (χ0) is 12.8. The Morgan fingerprint density at radius 1 is 1.33 bits per heavy atom. The quantitative estimate of drug-likeness (QED) is 0.687. The molecule has 2 rings (SSSR count). The molecule has 0 bridgehead atoms. The number of benzene rings is 1. The van der Waals surface area contributed by atoms with Gasteiger partial charge in [-0.1, -0.05) is 39.8 Å². The molecule has 1 heterocycles. The number of furan rings is 1. The molecule has 0 saturated carbocycles. The highest BCUT2D eigenvalue weighted by atomic mass is 79.9. The third-order valence-electron chi connectivity index (χ3n) is 2.25. The van der Waals surface area contributed by atoms with Crippen LogP contribution in [0.4, 0.5) is 0 Å². The van der Waals surface area contributed by atoms with Crippen molar-refractivity contribution in [1.82, 2.24) is 0 Å². The first kappa shape index (κ1) is 13.2. The first-order valence-corrected chi connectivity index (χ1v) is 7.21. The number of nitrogens with zero attached hydrogens (tertiary/aromatic N) is 1. The monoisotopic (exact) mass is 324 g/mol. The number of nitrogens with two attached hydrogens (primary N) is 1. The van der Waals surface area contributed by atoms with Crippen molar-refractivity contribution in [3.05, 3.63) is 58.5 Å². The summed E-state index contributed by atoms with van der Waals surface area (Å²) in [6.07, 6.45) is 1.63. The molecule has 0 saturated heterocycles. The zero-order valence-electron chi connectivity index (χ0n) is 9.67. The molecule has 3 nitrogen and oxygen atoms in total. The fraction of sp³-hybridized carbons (Fsp3) is 0.154. The van der Waals surface area contributed by atoms with Crippen LogP contribution in [0.1, 0.15) is 11.3 Å². The minimum Gasteiger partial charge on any atom is -0.467 e. The number of amidine groups is 1. The Labute approximate surface area is 119 Å². The van der Waals surface area contributed by atoms with Gasteiger partial charge in [0.25, 0.3) is 0 Å². The molecule has 2 aromatic rings. The number of halogens is 1. The number of rotatable bonds is 4. The van der Waals surface area contributed by atoms with Crippen LogP contribution in [0.25, 0.3) is 0 Å². The molecule has 18 heavy (non-hydrogen) atoms. The maximum atomic E-state index is 5.84. The van der Waals surface area contributed by atoms with E-state index in [1.807, 2.05) is 24.3 Å². The average molecular weight is 325 g/mol. The van der Waals surface area contributed by atoms with E-state index in [9.17, 15) is 0 Å². The standard InChI is InChI=1S/C13H13BrN2OS/c14-11-4-1-3-10(7-11)9-18-13(15)16-8-12-5-2-6-17-12/h1-7H,8-9H2,(H2,15,16). The van der Waals surface area contributed by atoms with Gasteiger partial charge in [0.15, 0.2) is 5.17 Å². The van der Waals surface area contributed by atoms with Crippen LogP contribution in [0, 0.1) is 0 Å². The van der Waals surface area contributed by atoms with Crippen LogP contribution in [0.2, 0.25) is 0 Å². The molecular weight excluding hydrogens is 312 g/mol. The molecule has 0 amide bonds. The molecule has 1 aromatic heterocycles. The molecule has 0 unspecified atom stereocenters. The molecule has 0 fully saturated rings. The van der Waals surface area contributed by atoms with Gasteiger partial charge in [-0.15, -0.1) is 0 Å². The van der Waals surface area contributed by atoms with Crippen LogP contribution >= 0.6 is 27.7 Å². The van der Waals surface area contributed by atoms with Crippen molar-refractivity contribution in [3.8, 4) is 0 Å². The summed E-state index contributed by atoms with van der Waals surface area (Å²) in [5.74, 6) is 1.63. The minimum atomic E-state index is 0.490. The predicted octanol–water partition coefficient (Wildman–Crippen LogP) is 3.79. The van der Waals surface area contributed by atoms with Crippen molar-refractivity contribution in [1.29, 1.82) is 0 Å². The SMILES string of the molecule is NC(=NCc1ccco1)SCc1cccc(Br)c1. The summed E-state index contributed by atoms with van der Waals surface area (Å²) in [6.45, 7) is 0.490. The van der Waals surface area contributed by atoms with Gasteiger partial charge < -0.3 is 10.2 Å². The second-order valence-electron chi connectivity index (χ2n) is 3.65. The lowest BCUT2D eigenvalue weighted by molar-refractivity contribution is 0.513. The van der Waals surface area contributed by atoms with E-state index < -0.39 is 0 Å². The van der Waals surface area contributed by atoms with Gasteiger partial charge in [-0.05, 0) is 29.8 Å². The fourth-order valence-corrected chi connectivity index (χ4v) is 2.48. The van der Waals surface area contributed by atoms with E-state index in [-0.39, 0.29) is 0 Å². The first-order valence-electron chi connectivity index (χ1n) is 5.43. The van der Waals surface area contributed by atoms with Crippen LogP contribution < -0.4 is 5.73 Å². The number of thioether (sulfide) groups is 1. The number of aliphatic imine (C=N–C) groups is 1. The Morgan fingerprint density at radius 2 is 2.22 bits per heavy atom. The zero-order valence-corrected chi connectivity index (χ0v) is 12.1. The second kappa shape index (κ2) is 6.66. The topological polar surface area (TPSA) is 51.5 Å². The Balaban J connectivity index is 1.84. The lowest BCUT2D eigenvalue weighted by Crippen LogP contribution is -2.07. The molecule has 0 radical (unpaired) electrons. The van der Waals surface area contributed by atoms with E-state index in [0.717, 1.165) is 16.0 Å². The van der Waals surface area contributed by atoms with Crippen molar-refractivity contribution in [2.24, 2.45) is 10.7 Å². The van der Waals surface area contributed by atoms with Crippen molar-refractivity contribution >= 4 is 32.9 Å². The fourth-order valence-electron chi connectivity index (χ4n) is 1.39. The van der Waals surface area contributed by atoms with Crippen molar-refractivity contribution < 1.29 is 4.42 Å². The third-order valence-corrected chi connectivity index (χ3v) is 3.64. The lowest BCUT2D eigenvalue weighted by atomic mass is 10.2. The molecule has 1 aromatic carbocycles. The van der Waals surface area contributed by atoms with Gasteiger partial charge in [0.1, 0.15) is 5.76 Å². The summed E-state index contributed by atoms with van der Waals surface area (Å²) in [6, 6.07) is 11.9. The van der Waals surface area contributed by atoms with Crippen molar-refractivity contribution in [2.75, 3.05) is 0 Å². The van der Waals surface area contributed by atoms with Gasteiger partial charge in [-0.2, -0.15) is 0 Å². The Bertz CT molecular complexity index is 526. The smallest absolute Gasteiger partial charge is 0.154 e. The Morgan fingerprint density at radius 3 is 2.94 bits per heavy atom. The van der Waals surface area contributed by atoms with E-state index in [2.05, 4.69) is 33.1 Å². The summed E-state index contributed by atoms with van der Waals surface area (Å²) < 4.78 is 6.26. The van der Waals surface area contributed by atoms with Gasteiger partial charge in [-0.3, -0.25) is 4.99 Å². The van der Waals surface area contributed by atoms with E-state index in [1.165, 1.54) is 17.3 Å². The van der Waals surface area contributed by atoms with E-state index in [1.54, 1.807) is 6.26 Å². The van der Waals surface area contributed by atoms with Crippen LogP contribution in [-0.2, 0) is 12.3 Å². The van der Waals surface area contributed by atoms with Gasteiger partial charge >= 0.3 is 0 Å². The predicted molar refractivity (Wildman–Crippen MR) is 79.5 cm³/mol. The maximum Gasteiger partial charge on any atom is 0.154 e. The van der Waals surface area contributed by atoms with Crippen LogP contribution in [-0.4, -0.2) is 5.17 Å². The molecule has 0 aliphatic rings. The summed E-state index contributed by atoms with van der Waals surface area (Å²) in [5, 5.41) is 0.575. The largest absolute Gasteiger partial charge is 0.467 e. The highest BCUT2D eigenvalue weighted by Crippen LogP contribution is 2.17. The minimum absolute atomic E-state index is 0.490. The molecule has 0 aliphatic carbocycles. The van der Waals surface area contributed by atoms with Gasteiger partial charge in [-0.25, -0.2) is 0 Å². The van der Waals surface area contributed by atoms with Crippen LogP contribution in [0.15, 0.2) is 56.5 Å². The number of hydrogen-bond acceptors (Lipinski definition) is 3. The van der Waals surface area contributed by atoms with Gasteiger partial charge in [0.05, 0.1) is 12.8 Å². The molecular formula is C13H13BrN2OS. The molecule has 0 aliphatic heterocycles. The summed E-state index contributed by atoms with van der Waals surface area (Å²) in [7, 11) is 0. The first-order chi connectivity index (χ1) is 8.74. The number of hydrogen-bond donors (Lipinski definition) is 1. The highest BCUT2D eigenvalue weighted by Gasteiger charge is 1.99. The maximum absolute atomic E-state index is 5.84. The summed E-state index contributed by atoms with van der Waals surface area (Å²) in [4.78, 5) is 4.26. The van der Waals surface area contributed by atoms with Gasteiger partial charge in [0, 0.05) is 10.2 Å². The van der Waals surface area contributed by atoms with Gasteiger partial charge in [0.2, 0.25) is 0 Å². The Hall–Kier alpha value is -1.20. The molecule has 0 spiro atoms. The lowest BCUT2D eigenvalue weighted by Gasteiger charge is -2.02. The van der Waals surface area contributed by atoms with Crippen LogP contribution in [0.3, 0.4) is 0 Å². The van der Waals surface area contributed by atoms with Crippen molar-refractivity contribution in [3.63, 3.8) is 0 Å².